The third-order valence-electron chi connectivity index (χ3n) is 2.98. The van der Waals surface area contributed by atoms with Crippen LogP contribution in [0.2, 0.25) is 0 Å². The van der Waals surface area contributed by atoms with Gasteiger partial charge in [-0.25, -0.2) is 0 Å². The lowest BCUT2D eigenvalue weighted by Gasteiger charge is -2.09. The van der Waals surface area contributed by atoms with Crippen LogP contribution in [0.25, 0.3) is 0 Å². The Labute approximate surface area is 96.0 Å². The first-order valence-electron chi connectivity index (χ1n) is 6.06. The summed E-state index contributed by atoms with van der Waals surface area (Å²) >= 11 is 0. The highest BCUT2D eigenvalue weighted by atomic mass is 16.5. The molecule has 0 aromatic carbocycles. The fourth-order valence-electron chi connectivity index (χ4n) is 2.01. The van der Waals surface area contributed by atoms with E-state index in [0.29, 0.717) is 31.8 Å². The van der Waals surface area contributed by atoms with Gasteiger partial charge in [0.15, 0.2) is 0 Å². The third kappa shape index (κ3) is 5.73. The van der Waals surface area contributed by atoms with Crippen molar-refractivity contribution < 1.29 is 19.4 Å². The van der Waals surface area contributed by atoms with E-state index in [1.54, 1.807) is 0 Å². The number of carboxylic acid groups (broad SMARTS) is 1. The Hall–Kier alpha value is -1.06. The Kier molecular flexibility index (Phi) is 5.90. The molecular weight excluding hydrogens is 208 g/mol. The first kappa shape index (κ1) is 13.0. The van der Waals surface area contributed by atoms with E-state index in [1.807, 2.05) is 0 Å². The number of carbonyl (C=O) groups excluding carboxylic acids is 1. The number of aliphatic carboxylic acids is 1. The van der Waals surface area contributed by atoms with Gasteiger partial charge in [0, 0.05) is 12.8 Å². The Morgan fingerprint density at radius 3 is 2.38 bits per heavy atom. The van der Waals surface area contributed by atoms with Crippen LogP contribution in [0, 0.1) is 5.92 Å². The minimum Gasteiger partial charge on any atom is -0.481 e. The highest BCUT2D eigenvalue weighted by molar-refractivity contribution is 5.69. The van der Waals surface area contributed by atoms with Gasteiger partial charge in [0.05, 0.1) is 6.61 Å². The number of carbonyl (C=O) groups is 2. The first-order valence-corrected chi connectivity index (χ1v) is 6.06. The number of ether oxygens (including phenoxy) is 1. The number of unbranched alkanes of at least 4 members (excludes halogenated alkanes) is 1. The van der Waals surface area contributed by atoms with Crippen LogP contribution in [0.1, 0.15) is 51.4 Å². The molecule has 1 saturated carbocycles. The molecule has 0 bridgehead atoms. The monoisotopic (exact) mass is 228 g/mol. The molecule has 16 heavy (non-hydrogen) atoms. The van der Waals surface area contributed by atoms with Crippen molar-refractivity contribution in [2.24, 2.45) is 5.92 Å². The lowest BCUT2D eigenvalue weighted by molar-refractivity contribution is -0.145. The van der Waals surface area contributed by atoms with E-state index in [4.69, 9.17) is 9.84 Å². The summed E-state index contributed by atoms with van der Waals surface area (Å²) in [5.74, 6) is -0.431. The molecule has 0 heterocycles. The second-order valence-electron chi connectivity index (χ2n) is 4.43. The average Bonchev–Trinajstić information content (AvgIpc) is 2.74. The van der Waals surface area contributed by atoms with Gasteiger partial charge in [0.2, 0.25) is 0 Å². The van der Waals surface area contributed by atoms with E-state index in [9.17, 15) is 9.59 Å². The van der Waals surface area contributed by atoms with E-state index in [0.717, 1.165) is 0 Å². The smallest absolute Gasteiger partial charge is 0.305 e. The maximum absolute atomic E-state index is 11.3. The average molecular weight is 228 g/mol. The highest BCUT2D eigenvalue weighted by Crippen LogP contribution is 2.24. The van der Waals surface area contributed by atoms with Crippen LogP contribution in [-0.4, -0.2) is 23.7 Å². The predicted molar refractivity (Wildman–Crippen MR) is 59.0 cm³/mol. The van der Waals surface area contributed by atoms with Crippen molar-refractivity contribution in [3.05, 3.63) is 0 Å². The molecule has 0 spiro atoms. The Balaban J connectivity index is 1.95. The molecule has 0 unspecified atom stereocenters. The molecule has 0 amide bonds. The Bertz CT molecular complexity index is 231. The molecule has 1 aliphatic rings. The van der Waals surface area contributed by atoms with Crippen LogP contribution in [-0.2, 0) is 14.3 Å². The molecule has 0 atom stereocenters. The second kappa shape index (κ2) is 7.25. The normalized spacial score (nSPS) is 16.2. The van der Waals surface area contributed by atoms with E-state index >= 15 is 0 Å². The minimum absolute atomic E-state index is 0.135. The van der Waals surface area contributed by atoms with Crippen molar-refractivity contribution in [3.8, 4) is 0 Å². The van der Waals surface area contributed by atoms with Gasteiger partial charge in [-0.15, -0.1) is 0 Å². The van der Waals surface area contributed by atoms with Crippen LogP contribution < -0.4 is 0 Å². The fourth-order valence-corrected chi connectivity index (χ4v) is 2.01. The molecule has 1 fully saturated rings. The van der Waals surface area contributed by atoms with Gasteiger partial charge >= 0.3 is 11.9 Å². The zero-order valence-corrected chi connectivity index (χ0v) is 9.61. The van der Waals surface area contributed by atoms with Crippen LogP contribution >= 0.6 is 0 Å². The van der Waals surface area contributed by atoms with Crippen LogP contribution in [0.15, 0.2) is 0 Å². The third-order valence-corrected chi connectivity index (χ3v) is 2.98. The van der Waals surface area contributed by atoms with E-state index in [2.05, 4.69) is 0 Å². The van der Waals surface area contributed by atoms with Crippen molar-refractivity contribution in [2.75, 3.05) is 6.61 Å². The van der Waals surface area contributed by atoms with Gasteiger partial charge in [0.1, 0.15) is 0 Å². The van der Waals surface area contributed by atoms with Gasteiger partial charge in [-0.3, -0.25) is 9.59 Å². The Morgan fingerprint density at radius 1 is 1.12 bits per heavy atom. The maximum Gasteiger partial charge on any atom is 0.305 e. The van der Waals surface area contributed by atoms with E-state index < -0.39 is 5.97 Å². The van der Waals surface area contributed by atoms with Crippen molar-refractivity contribution in [3.63, 3.8) is 0 Å². The fraction of sp³-hybridized carbons (Fsp3) is 0.833. The lowest BCUT2D eigenvalue weighted by Crippen LogP contribution is -2.11. The minimum atomic E-state index is -0.806. The van der Waals surface area contributed by atoms with Crippen molar-refractivity contribution in [2.45, 2.75) is 51.4 Å². The summed E-state index contributed by atoms with van der Waals surface area (Å²) in [6, 6.07) is 0. The zero-order valence-electron chi connectivity index (χ0n) is 9.61. The summed E-state index contributed by atoms with van der Waals surface area (Å²) in [5.41, 5.74) is 0. The molecule has 0 aromatic rings. The largest absolute Gasteiger partial charge is 0.481 e. The molecule has 1 aliphatic carbocycles. The highest BCUT2D eigenvalue weighted by Gasteiger charge is 2.16. The standard InChI is InChI=1S/C12H20O4/c13-11(14)7-3-4-8-12(15)16-9-10-5-1-2-6-10/h10H,1-9H2,(H,13,14). The SMILES string of the molecule is O=C(O)CCCCC(=O)OCC1CCCC1. The molecular formula is C12H20O4. The summed E-state index contributed by atoms with van der Waals surface area (Å²) in [7, 11) is 0. The summed E-state index contributed by atoms with van der Waals surface area (Å²) in [6.45, 7) is 0.553. The predicted octanol–water partition coefficient (Wildman–Crippen LogP) is 2.36. The number of hydrogen-bond acceptors (Lipinski definition) is 3. The van der Waals surface area contributed by atoms with Crippen LogP contribution in [0.3, 0.4) is 0 Å². The van der Waals surface area contributed by atoms with Crippen molar-refractivity contribution >= 4 is 11.9 Å². The molecule has 4 heteroatoms. The molecule has 1 N–H and O–H groups in total. The number of hydrogen-bond donors (Lipinski definition) is 1. The quantitative estimate of drug-likeness (QED) is 0.536. The van der Waals surface area contributed by atoms with Crippen LogP contribution in [0.4, 0.5) is 0 Å². The Morgan fingerprint density at radius 2 is 1.75 bits per heavy atom. The molecule has 0 radical (unpaired) electrons. The zero-order chi connectivity index (χ0) is 11.8. The van der Waals surface area contributed by atoms with Gasteiger partial charge in [0.25, 0.3) is 0 Å². The van der Waals surface area contributed by atoms with Crippen molar-refractivity contribution in [1.29, 1.82) is 0 Å². The number of rotatable bonds is 7. The summed E-state index contributed by atoms with van der Waals surface area (Å²) in [4.78, 5) is 21.5. The molecule has 1 rings (SSSR count). The summed E-state index contributed by atoms with van der Waals surface area (Å²) in [5, 5.41) is 8.41. The van der Waals surface area contributed by atoms with Gasteiger partial charge in [-0.05, 0) is 31.6 Å². The molecule has 0 aromatic heterocycles. The molecule has 92 valence electrons. The van der Waals surface area contributed by atoms with E-state index in [1.165, 1.54) is 25.7 Å². The number of carboxylic acids is 1. The maximum atomic E-state index is 11.3. The molecule has 0 saturated heterocycles. The van der Waals surface area contributed by atoms with Crippen molar-refractivity contribution in [1.82, 2.24) is 0 Å². The second-order valence-corrected chi connectivity index (χ2v) is 4.43. The number of esters is 1. The van der Waals surface area contributed by atoms with Gasteiger partial charge in [-0.1, -0.05) is 12.8 Å². The molecule has 0 aliphatic heterocycles. The van der Waals surface area contributed by atoms with Gasteiger partial charge in [-0.2, -0.15) is 0 Å². The molecule has 4 nitrogen and oxygen atoms in total. The summed E-state index contributed by atoms with van der Waals surface area (Å²) < 4.78 is 5.15. The van der Waals surface area contributed by atoms with Gasteiger partial charge < -0.3 is 9.84 Å². The van der Waals surface area contributed by atoms with E-state index in [-0.39, 0.29) is 12.4 Å². The first-order chi connectivity index (χ1) is 7.68. The lowest BCUT2D eigenvalue weighted by atomic mass is 10.1. The van der Waals surface area contributed by atoms with Crippen LogP contribution in [0.5, 0.6) is 0 Å². The topological polar surface area (TPSA) is 63.6 Å². The summed E-state index contributed by atoms with van der Waals surface area (Å²) in [6.07, 6.45) is 6.49.